The molecule has 172 valence electrons. The number of aromatic nitrogens is 4. The fraction of sp³-hybridized carbons (Fsp3) is 0.379. The van der Waals surface area contributed by atoms with E-state index in [9.17, 15) is 0 Å². The third-order valence-corrected chi connectivity index (χ3v) is 7.09. The molecule has 0 saturated carbocycles. The zero-order chi connectivity index (χ0) is 23.6. The second-order valence-electron chi connectivity index (χ2n) is 9.72. The van der Waals surface area contributed by atoms with Crippen molar-refractivity contribution in [3.8, 4) is 11.4 Å². The minimum Gasteiger partial charge on any atom is -0.241 e. The molecule has 0 aliphatic carbocycles. The Hall–Kier alpha value is -3.14. The molecule has 0 spiro atoms. The van der Waals surface area contributed by atoms with Gasteiger partial charge in [-0.05, 0) is 86.1 Å². The minimum absolute atomic E-state index is 0.306. The van der Waals surface area contributed by atoms with Crippen LogP contribution in [0, 0.1) is 0 Å². The topological polar surface area (TPSA) is 35.6 Å². The molecule has 2 aromatic carbocycles. The van der Waals surface area contributed by atoms with E-state index >= 15 is 0 Å². The predicted octanol–water partition coefficient (Wildman–Crippen LogP) is 7.41. The monoisotopic (exact) mass is 440 g/mol. The van der Waals surface area contributed by atoms with Crippen LogP contribution in [0.25, 0.3) is 11.4 Å². The zero-order valence-electron chi connectivity index (χ0n) is 20.8. The first-order chi connectivity index (χ1) is 15.8. The summed E-state index contributed by atoms with van der Waals surface area (Å²) in [6, 6.07) is 21.6. The number of hydrogen-bond acceptors (Lipinski definition) is 2. The normalized spacial score (nSPS) is 13.8. The Bertz CT molecular complexity index is 1120. The molecule has 0 amide bonds. The molecule has 4 rings (SSSR count). The molecule has 2 aromatic heterocycles. The van der Waals surface area contributed by atoms with Crippen molar-refractivity contribution in [2.75, 3.05) is 0 Å². The highest BCUT2D eigenvalue weighted by Crippen LogP contribution is 2.30. The smallest absolute Gasteiger partial charge is 0.0745 e. The van der Waals surface area contributed by atoms with Crippen molar-refractivity contribution in [3.63, 3.8) is 0 Å². The molecule has 0 aliphatic rings. The largest absolute Gasteiger partial charge is 0.241 e. The van der Waals surface area contributed by atoms with Gasteiger partial charge in [-0.2, -0.15) is 10.2 Å². The summed E-state index contributed by atoms with van der Waals surface area (Å²) in [5.74, 6) is 1.08. The molecule has 0 saturated heterocycles. The van der Waals surface area contributed by atoms with E-state index in [0.29, 0.717) is 11.8 Å². The average molecular weight is 441 g/mol. The Labute approximate surface area is 198 Å². The summed E-state index contributed by atoms with van der Waals surface area (Å²) in [4.78, 5) is 0. The maximum atomic E-state index is 4.95. The standard InChI is InChI=1S/C29H36N4/c1-7-21(3)23-11-9-13-25(19-23)32-17-15-27(30-32)29(5,6)28-16-18-33(31-28)26-14-10-12-24(20-26)22(4)8-2/h9-22H,7-8H2,1-6H3. The summed E-state index contributed by atoms with van der Waals surface area (Å²) in [7, 11) is 0. The first kappa shape index (κ1) is 23.0. The van der Waals surface area contributed by atoms with Crippen LogP contribution in [0.2, 0.25) is 0 Å². The summed E-state index contributed by atoms with van der Waals surface area (Å²) in [5.41, 5.74) is 6.61. The molecule has 4 aromatic rings. The summed E-state index contributed by atoms with van der Waals surface area (Å²) in [5, 5.41) is 9.91. The van der Waals surface area contributed by atoms with Crippen molar-refractivity contribution in [2.45, 2.75) is 71.6 Å². The van der Waals surface area contributed by atoms with E-state index in [-0.39, 0.29) is 5.41 Å². The predicted molar refractivity (Wildman–Crippen MR) is 137 cm³/mol. The van der Waals surface area contributed by atoms with E-state index in [1.165, 1.54) is 11.1 Å². The van der Waals surface area contributed by atoms with Crippen LogP contribution in [-0.4, -0.2) is 19.6 Å². The van der Waals surface area contributed by atoms with E-state index in [1.807, 2.05) is 9.36 Å². The maximum Gasteiger partial charge on any atom is 0.0745 e. The van der Waals surface area contributed by atoms with E-state index in [0.717, 1.165) is 35.6 Å². The van der Waals surface area contributed by atoms with Gasteiger partial charge in [0.05, 0.1) is 28.2 Å². The van der Waals surface area contributed by atoms with Crippen LogP contribution < -0.4 is 0 Å². The van der Waals surface area contributed by atoms with Crippen molar-refractivity contribution >= 4 is 0 Å². The molecule has 2 heterocycles. The molecule has 2 unspecified atom stereocenters. The summed E-state index contributed by atoms with van der Waals surface area (Å²) >= 11 is 0. The SMILES string of the molecule is CCC(C)c1cccc(-n2ccc(C(C)(C)c3ccn(-c4cccc(C(C)CC)c4)n3)n2)c1. The van der Waals surface area contributed by atoms with Gasteiger partial charge in [0.2, 0.25) is 0 Å². The van der Waals surface area contributed by atoms with Crippen molar-refractivity contribution in [3.05, 3.63) is 95.6 Å². The Balaban J connectivity index is 1.61. The number of hydrogen-bond donors (Lipinski definition) is 0. The van der Waals surface area contributed by atoms with Gasteiger partial charge in [0.15, 0.2) is 0 Å². The molecule has 0 bridgehead atoms. The Morgan fingerprint density at radius 3 is 1.52 bits per heavy atom. The van der Waals surface area contributed by atoms with Crippen LogP contribution in [0.15, 0.2) is 73.1 Å². The van der Waals surface area contributed by atoms with Gasteiger partial charge in [0, 0.05) is 12.4 Å². The van der Waals surface area contributed by atoms with Gasteiger partial charge >= 0.3 is 0 Å². The summed E-state index contributed by atoms with van der Waals surface area (Å²) < 4.78 is 3.96. The molecule has 0 N–H and O–H groups in total. The van der Waals surface area contributed by atoms with Gasteiger partial charge in [-0.1, -0.05) is 52.0 Å². The van der Waals surface area contributed by atoms with Crippen molar-refractivity contribution < 1.29 is 0 Å². The lowest BCUT2D eigenvalue weighted by Gasteiger charge is -2.20. The van der Waals surface area contributed by atoms with Gasteiger partial charge in [-0.3, -0.25) is 0 Å². The molecule has 0 aliphatic heterocycles. The Morgan fingerprint density at radius 1 is 0.697 bits per heavy atom. The lowest BCUT2D eigenvalue weighted by Crippen LogP contribution is -2.21. The quantitative estimate of drug-likeness (QED) is 0.286. The second-order valence-corrected chi connectivity index (χ2v) is 9.72. The molecule has 33 heavy (non-hydrogen) atoms. The lowest BCUT2D eigenvalue weighted by atomic mass is 9.86. The third kappa shape index (κ3) is 4.66. The van der Waals surface area contributed by atoms with Gasteiger partial charge in [-0.15, -0.1) is 0 Å². The first-order valence-corrected chi connectivity index (χ1v) is 12.2. The Kier molecular flexibility index (Phi) is 6.55. The lowest BCUT2D eigenvalue weighted by molar-refractivity contribution is 0.576. The molecule has 4 heteroatoms. The highest BCUT2D eigenvalue weighted by molar-refractivity contribution is 5.40. The maximum absolute atomic E-state index is 4.95. The van der Waals surface area contributed by atoms with Crippen LogP contribution in [0.3, 0.4) is 0 Å². The average Bonchev–Trinajstić information content (AvgIpc) is 3.54. The van der Waals surface area contributed by atoms with E-state index in [2.05, 4.69) is 115 Å². The van der Waals surface area contributed by atoms with E-state index in [1.54, 1.807) is 0 Å². The zero-order valence-corrected chi connectivity index (χ0v) is 20.8. The molecular formula is C29H36N4. The fourth-order valence-corrected chi connectivity index (χ4v) is 4.15. The van der Waals surface area contributed by atoms with Crippen molar-refractivity contribution in [1.82, 2.24) is 19.6 Å². The molecule has 0 radical (unpaired) electrons. The third-order valence-electron chi connectivity index (χ3n) is 7.09. The summed E-state index contributed by atoms with van der Waals surface area (Å²) in [6.07, 6.45) is 6.37. The first-order valence-electron chi connectivity index (χ1n) is 12.2. The number of nitrogens with zero attached hydrogens (tertiary/aromatic N) is 4. The fourth-order valence-electron chi connectivity index (χ4n) is 4.15. The van der Waals surface area contributed by atoms with Crippen LogP contribution in [0.5, 0.6) is 0 Å². The number of rotatable bonds is 8. The molecule has 4 nitrogen and oxygen atoms in total. The van der Waals surface area contributed by atoms with Gasteiger partial charge in [0.25, 0.3) is 0 Å². The van der Waals surface area contributed by atoms with Crippen molar-refractivity contribution in [1.29, 1.82) is 0 Å². The van der Waals surface area contributed by atoms with Crippen LogP contribution in [0.1, 0.15) is 88.7 Å². The Morgan fingerprint density at radius 2 is 1.12 bits per heavy atom. The highest BCUT2D eigenvalue weighted by Gasteiger charge is 2.29. The minimum atomic E-state index is -0.306. The van der Waals surface area contributed by atoms with Crippen molar-refractivity contribution in [2.24, 2.45) is 0 Å². The number of benzene rings is 2. The van der Waals surface area contributed by atoms with Gasteiger partial charge in [0.1, 0.15) is 0 Å². The van der Waals surface area contributed by atoms with E-state index in [4.69, 9.17) is 10.2 Å². The van der Waals surface area contributed by atoms with E-state index < -0.39 is 0 Å². The molecule has 0 fully saturated rings. The van der Waals surface area contributed by atoms with Crippen LogP contribution >= 0.6 is 0 Å². The van der Waals surface area contributed by atoms with Gasteiger partial charge < -0.3 is 0 Å². The highest BCUT2D eigenvalue weighted by atomic mass is 15.3. The van der Waals surface area contributed by atoms with Crippen LogP contribution in [-0.2, 0) is 5.41 Å². The molecular weight excluding hydrogens is 404 g/mol. The summed E-state index contributed by atoms with van der Waals surface area (Å²) in [6.45, 7) is 13.4. The second kappa shape index (κ2) is 9.38. The van der Waals surface area contributed by atoms with Gasteiger partial charge in [-0.25, -0.2) is 9.36 Å². The molecule has 2 atom stereocenters. The van der Waals surface area contributed by atoms with Crippen LogP contribution in [0.4, 0.5) is 0 Å².